The summed E-state index contributed by atoms with van der Waals surface area (Å²) in [5.74, 6) is -0.307. The highest BCUT2D eigenvalue weighted by atomic mass is 16.2. The van der Waals surface area contributed by atoms with Crippen molar-refractivity contribution in [2.75, 3.05) is 29.9 Å². The molecule has 0 atom stereocenters. The molecule has 2 aromatic rings. The Morgan fingerprint density at radius 1 is 1.00 bits per heavy atom. The zero-order chi connectivity index (χ0) is 18.4. The van der Waals surface area contributed by atoms with Crippen LogP contribution >= 0.6 is 0 Å². The summed E-state index contributed by atoms with van der Waals surface area (Å²) in [7, 11) is 0. The maximum atomic E-state index is 12.3. The molecule has 1 aliphatic rings. The van der Waals surface area contributed by atoms with Gasteiger partial charge in [-0.1, -0.05) is 30.3 Å². The first kappa shape index (κ1) is 18.0. The molecule has 2 aromatic carbocycles. The van der Waals surface area contributed by atoms with Crippen molar-refractivity contribution < 1.29 is 9.59 Å². The monoisotopic (exact) mass is 351 g/mol. The van der Waals surface area contributed by atoms with Gasteiger partial charge in [0, 0.05) is 37.9 Å². The molecule has 3 rings (SSSR count). The molecule has 1 aliphatic heterocycles. The van der Waals surface area contributed by atoms with Crippen LogP contribution in [0.2, 0.25) is 0 Å². The number of hydrogen-bond acceptors (Lipinski definition) is 3. The van der Waals surface area contributed by atoms with Crippen LogP contribution in [0.1, 0.15) is 25.3 Å². The maximum absolute atomic E-state index is 12.3. The van der Waals surface area contributed by atoms with Crippen LogP contribution < -0.4 is 10.2 Å². The van der Waals surface area contributed by atoms with E-state index in [1.807, 2.05) is 54.6 Å². The molecule has 1 N–H and O–H groups in total. The number of carbonyl (C=O) groups is 2. The highest BCUT2D eigenvalue weighted by Crippen LogP contribution is 2.22. The Morgan fingerprint density at radius 2 is 1.65 bits per heavy atom. The number of hydrogen-bond donors (Lipinski definition) is 1. The van der Waals surface area contributed by atoms with Gasteiger partial charge in [0.1, 0.15) is 6.54 Å². The highest BCUT2D eigenvalue weighted by Gasteiger charge is 2.15. The van der Waals surface area contributed by atoms with Gasteiger partial charge in [0.15, 0.2) is 0 Å². The number of benzene rings is 2. The van der Waals surface area contributed by atoms with Crippen LogP contribution in [0.15, 0.2) is 54.6 Å². The Kier molecular flexibility index (Phi) is 5.89. The summed E-state index contributed by atoms with van der Waals surface area (Å²) in [4.78, 5) is 28.1. The maximum Gasteiger partial charge on any atom is 0.244 e. The van der Waals surface area contributed by atoms with Crippen molar-refractivity contribution >= 4 is 23.2 Å². The molecule has 136 valence electrons. The molecule has 26 heavy (non-hydrogen) atoms. The molecule has 0 aromatic heterocycles. The van der Waals surface area contributed by atoms with Crippen molar-refractivity contribution in [3.05, 3.63) is 60.2 Å². The molecule has 5 nitrogen and oxygen atoms in total. The lowest BCUT2D eigenvalue weighted by atomic mass is 10.2. The molecule has 0 bridgehead atoms. The first-order valence-electron chi connectivity index (χ1n) is 9.06. The van der Waals surface area contributed by atoms with E-state index in [-0.39, 0.29) is 18.4 Å². The molecule has 1 heterocycles. The van der Waals surface area contributed by atoms with Crippen LogP contribution in [0, 0.1) is 0 Å². The first-order valence-corrected chi connectivity index (χ1v) is 9.06. The predicted octanol–water partition coefficient (Wildman–Crippen LogP) is 3.27. The summed E-state index contributed by atoms with van der Waals surface area (Å²) < 4.78 is 0. The Balaban J connectivity index is 1.56. The number of anilines is 2. The summed E-state index contributed by atoms with van der Waals surface area (Å²) in [6.45, 7) is 4.15. The smallest absolute Gasteiger partial charge is 0.244 e. The molecule has 0 aliphatic carbocycles. The fourth-order valence-electron chi connectivity index (χ4n) is 3.19. The van der Waals surface area contributed by atoms with Gasteiger partial charge in [-0.2, -0.15) is 0 Å². The van der Waals surface area contributed by atoms with E-state index < -0.39 is 0 Å². The Bertz CT molecular complexity index is 738. The quantitative estimate of drug-likeness (QED) is 0.869. The first-order chi connectivity index (χ1) is 12.6. The van der Waals surface area contributed by atoms with E-state index in [2.05, 4.69) is 10.2 Å². The topological polar surface area (TPSA) is 52.7 Å². The SMILES string of the molecule is CC(=O)N(CC(=O)Nc1ccc(N2CCCC2)cc1)Cc1ccccc1. The van der Waals surface area contributed by atoms with Crippen LogP contribution in [0.25, 0.3) is 0 Å². The number of nitrogens with one attached hydrogen (secondary N) is 1. The van der Waals surface area contributed by atoms with Gasteiger partial charge in [-0.15, -0.1) is 0 Å². The summed E-state index contributed by atoms with van der Waals surface area (Å²) >= 11 is 0. The van der Waals surface area contributed by atoms with Gasteiger partial charge in [0.2, 0.25) is 11.8 Å². The molecule has 1 fully saturated rings. The largest absolute Gasteiger partial charge is 0.372 e. The Hall–Kier alpha value is -2.82. The summed E-state index contributed by atoms with van der Waals surface area (Å²) in [5, 5.41) is 2.88. The van der Waals surface area contributed by atoms with Crippen LogP contribution in [0.3, 0.4) is 0 Å². The van der Waals surface area contributed by atoms with Crippen LogP contribution in [0.5, 0.6) is 0 Å². The van der Waals surface area contributed by atoms with E-state index in [1.165, 1.54) is 25.5 Å². The van der Waals surface area contributed by atoms with Gasteiger partial charge >= 0.3 is 0 Å². The minimum atomic E-state index is -0.190. The van der Waals surface area contributed by atoms with E-state index >= 15 is 0 Å². The molecule has 0 saturated carbocycles. The second kappa shape index (κ2) is 8.52. The fourth-order valence-corrected chi connectivity index (χ4v) is 3.19. The molecule has 5 heteroatoms. The van der Waals surface area contributed by atoms with Crippen molar-refractivity contribution in [3.8, 4) is 0 Å². The van der Waals surface area contributed by atoms with Crippen molar-refractivity contribution in [2.45, 2.75) is 26.3 Å². The van der Waals surface area contributed by atoms with Crippen LogP contribution in [-0.2, 0) is 16.1 Å². The van der Waals surface area contributed by atoms with Crippen LogP contribution in [0.4, 0.5) is 11.4 Å². The van der Waals surface area contributed by atoms with E-state index in [0.29, 0.717) is 6.54 Å². The van der Waals surface area contributed by atoms with E-state index in [4.69, 9.17) is 0 Å². The van der Waals surface area contributed by atoms with E-state index in [0.717, 1.165) is 24.3 Å². The van der Waals surface area contributed by atoms with E-state index in [9.17, 15) is 9.59 Å². The van der Waals surface area contributed by atoms with E-state index in [1.54, 1.807) is 4.90 Å². The van der Waals surface area contributed by atoms with Crippen LogP contribution in [-0.4, -0.2) is 36.3 Å². The number of amides is 2. The molecule has 0 unspecified atom stereocenters. The number of nitrogens with zero attached hydrogens (tertiary/aromatic N) is 2. The standard InChI is InChI=1S/C21H25N3O2/c1-17(25)24(15-18-7-3-2-4-8-18)16-21(26)22-19-9-11-20(12-10-19)23-13-5-6-14-23/h2-4,7-12H,5-6,13-16H2,1H3,(H,22,26). The van der Waals surface area contributed by atoms with Gasteiger partial charge in [0.25, 0.3) is 0 Å². The van der Waals surface area contributed by atoms with Crippen molar-refractivity contribution in [2.24, 2.45) is 0 Å². The predicted molar refractivity (Wildman–Crippen MR) is 104 cm³/mol. The van der Waals surface area contributed by atoms with Gasteiger partial charge in [-0.3, -0.25) is 9.59 Å². The van der Waals surface area contributed by atoms with Gasteiger partial charge in [0.05, 0.1) is 0 Å². The number of rotatable bonds is 6. The fraction of sp³-hybridized carbons (Fsp3) is 0.333. The minimum absolute atomic E-state index is 0.0398. The van der Waals surface area contributed by atoms with Crippen molar-refractivity contribution in [1.82, 2.24) is 4.90 Å². The lowest BCUT2D eigenvalue weighted by molar-refractivity contribution is -0.133. The Morgan fingerprint density at radius 3 is 2.27 bits per heavy atom. The third kappa shape index (κ3) is 4.85. The third-order valence-corrected chi connectivity index (χ3v) is 4.62. The average Bonchev–Trinajstić information content (AvgIpc) is 3.17. The lowest BCUT2D eigenvalue weighted by Crippen LogP contribution is -2.36. The summed E-state index contributed by atoms with van der Waals surface area (Å²) in [6, 6.07) is 17.6. The number of carbonyl (C=O) groups excluding carboxylic acids is 2. The van der Waals surface area contributed by atoms with Gasteiger partial charge in [-0.25, -0.2) is 0 Å². The molecule has 2 amide bonds. The molecular formula is C21H25N3O2. The summed E-state index contributed by atoms with van der Waals surface area (Å²) in [5.41, 5.74) is 2.95. The molecule has 0 spiro atoms. The summed E-state index contributed by atoms with van der Waals surface area (Å²) in [6.07, 6.45) is 2.47. The van der Waals surface area contributed by atoms with Gasteiger partial charge in [-0.05, 0) is 42.7 Å². The minimum Gasteiger partial charge on any atom is -0.372 e. The highest BCUT2D eigenvalue weighted by molar-refractivity contribution is 5.94. The molecular weight excluding hydrogens is 326 g/mol. The normalized spacial score (nSPS) is 13.5. The Labute approximate surface area is 154 Å². The van der Waals surface area contributed by atoms with Crippen molar-refractivity contribution in [1.29, 1.82) is 0 Å². The second-order valence-corrected chi connectivity index (χ2v) is 6.65. The zero-order valence-corrected chi connectivity index (χ0v) is 15.1. The molecule has 1 saturated heterocycles. The van der Waals surface area contributed by atoms with Gasteiger partial charge < -0.3 is 15.1 Å². The average molecular weight is 351 g/mol. The van der Waals surface area contributed by atoms with Crippen molar-refractivity contribution in [3.63, 3.8) is 0 Å². The molecule has 0 radical (unpaired) electrons. The lowest BCUT2D eigenvalue weighted by Gasteiger charge is -2.21. The zero-order valence-electron chi connectivity index (χ0n) is 15.1. The third-order valence-electron chi connectivity index (χ3n) is 4.62. The second-order valence-electron chi connectivity index (χ2n) is 6.65.